The van der Waals surface area contributed by atoms with Crippen molar-refractivity contribution in [2.24, 2.45) is 5.92 Å². The van der Waals surface area contributed by atoms with Gasteiger partial charge in [-0.1, -0.05) is 0 Å². The number of nitrogens with zero attached hydrogens (tertiary/aromatic N) is 3. The van der Waals surface area contributed by atoms with Gasteiger partial charge in [0.15, 0.2) is 5.78 Å². The van der Waals surface area contributed by atoms with Gasteiger partial charge in [0, 0.05) is 44.4 Å². The van der Waals surface area contributed by atoms with Gasteiger partial charge in [-0.2, -0.15) is 0 Å². The summed E-state index contributed by atoms with van der Waals surface area (Å²) in [5.74, 6) is -1.72. The van der Waals surface area contributed by atoms with Crippen molar-refractivity contribution in [2.45, 2.75) is 19.3 Å². The Hall–Kier alpha value is -2.90. The number of hydrogen-bond donors (Lipinski definition) is 1. The van der Waals surface area contributed by atoms with Crippen LogP contribution >= 0.6 is 0 Å². The topological polar surface area (TPSA) is 75.2 Å². The van der Waals surface area contributed by atoms with Crippen molar-refractivity contribution in [1.82, 2.24) is 14.9 Å². The van der Waals surface area contributed by atoms with E-state index >= 15 is 0 Å². The average Bonchev–Trinajstić information content (AvgIpc) is 2.70. The Morgan fingerprint density at radius 3 is 2.56 bits per heavy atom. The molecule has 0 atom stereocenters. The van der Waals surface area contributed by atoms with Crippen LogP contribution < -0.4 is 5.32 Å². The van der Waals surface area contributed by atoms with E-state index in [0.29, 0.717) is 38.4 Å². The lowest BCUT2D eigenvalue weighted by Gasteiger charge is -2.31. The number of carbonyl (C=O) groups is 2. The lowest BCUT2D eigenvalue weighted by atomic mass is 9.88. The molecular formula is C19H20F2N4O2. The van der Waals surface area contributed by atoms with E-state index < -0.39 is 23.3 Å². The molecule has 1 aromatic carbocycles. The molecule has 1 aliphatic rings. The van der Waals surface area contributed by atoms with Crippen LogP contribution in [0.15, 0.2) is 36.7 Å². The van der Waals surface area contributed by atoms with Crippen LogP contribution in [0.2, 0.25) is 0 Å². The van der Waals surface area contributed by atoms with Gasteiger partial charge in [0.05, 0.1) is 5.56 Å². The zero-order valence-corrected chi connectivity index (χ0v) is 14.7. The summed E-state index contributed by atoms with van der Waals surface area (Å²) in [5.41, 5.74) is -0.216. The fourth-order valence-electron chi connectivity index (χ4n) is 3.13. The second-order valence-electron chi connectivity index (χ2n) is 6.39. The molecule has 6 nitrogen and oxygen atoms in total. The number of carbonyl (C=O) groups excluding carboxylic acids is 2. The van der Waals surface area contributed by atoms with E-state index in [4.69, 9.17) is 0 Å². The van der Waals surface area contributed by atoms with Crippen LogP contribution in [0, 0.1) is 17.6 Å². The molecule has 0 bridgehead atoms. The molecule has 0 spiro atoms. The number of amides is 1. The summed E-state index contributed by atoms with van der Waals surface area (Å²) < 4.78 is 27.1. The molecule has 0 aliphatic carbocycles. The van der Waals surface area contributed by atoms with E-state index in [0.717, 1.165) is 18.2 Å². The molecular weight excluding hydrogens is 354 g/mol. The lowest BCUT2D eigenvalue weighted by molar-refractivity contribution is -0.132. The highest BCUT2D eigenvalue weighted by Crippen LogP contribution is 2.24. The molecule has 142 valence electrons. The van der Waals surface area contributed by atoms with Gasteiger partial charge in [-0.05, 0) is 37.1 Å². The Morgan fingerprint density at radius 2 is 1.85 bits per heavy atom. The van der Waals surface area contributed by atoms with E-state index in [2.05, 4.69) is 15.3 Å². The molecule has 8 heteroatoms. The largest absolute Gasteiger partial charge is 0.354 e. The highest BCUT2D eigenvalue weighted by Gasteiger charge is 2.29. The Bertz CT molecular complexity index is 809. The van der Waals surface area contributed by atoms with E-state index in [1.807, 2.05) is 0 Å². The van der Waals surface area contributed by atoms with E-state index in [1.54, 1.807) is 23.4 Å². The number of hydrogen-bond acceptors (Lipinski definition) is 5. The normalized spacial score (nSPS) is 14.8. The summed E-state index contributed by atoms with van der Waals surface area (Å²) in [6.07, 6.45) is 4.39. The summed E-state index contributed by atoms with van der Waals surface area (Å²) >= 11 is 0. The molecule has 1 fully saturated rings. The summed E-state index contributed by atoms with van der Waals surface area (Å²) in [7, 11) is 0. The van der Waals surface area contributed by atoms with Crippen molar-refractivity contribution in [3.8, 4) is 0 Å². The third-order valence-electron chi connectivity index (χ3n) is 4.60. The maximum atomic E-state index is 13.8. The monoisotopic (exact) mass is 374 g/mol. The van der Waals surface area contributed by atoms with Crippen molar-refractivity contribution in [2.75, 3.05) is 25.0 Å². The molecule has 0 saturated carbocycles. The number of piperidine rings is 1. The zero-order chi connectivity index (χ0) is 19.2. The van der Waals surface area contributed by atoms with Crippen LogP contribution in [0.4, 0.5) is 14.7 Å². The number of ketones is 1. The SMILES string of the molecule is O=C(c1cc(F)ccc1F)C1CCN(C(=O)CCNc2ncccn2)CC1. The molecule has 0 radical (unpaired) electrons. The van der Waals surface area contributed by atoms with Crippen molar-refractivity contribution in [3.05, 3.63) is 53.9 Å². The molecule has 27 heavy (non-hydrogen) atoms. The maximum absolute atomic E-state index is 13.8. The molecule has 1 amide bonds. The van der Waals surface area contributed by atoms with E-state index in [1.165, 1.54) is 0 Å². The molecule has 1 aliphatic heterocycles. The highest BCUT2D eigenvalue weighted by molar-refractivity contribution is 5.98. The molecule has 0 unspecified atom stereocenters. The van der Waals surface area contributed by atoms with Gasteiger partial charge in [-0.15, -0.1) is 0 Å². The average molecular weight is 374 g/mol. The van der Waals surface area contributed by atoms with Crippen LogP contribution in [-0.2, 0) is 4.79 Å². The number of aromatic nitrogens is 2. The predicted molar refractivity (Wildman–Crippen MR) is 95.1 cm³/mol. The van der Waals surface area contributed by atoms with E-state index in [-0.39, 0.29) is 17.9 Å². The highest BCUT2D eigenvalue weighted by atomic mass is 19.1. The van der Waals surface area contributed by atoms with Crippen LogP contribution in [0.3, 0.4) is 0 Å². The van der Waals surface area contributed by atoms with Crippen molar-refractivity contribution in [3.63, 3.8) is 0 Å². The fraction of sp³-hybridized carbons (Fsp3) is 0.368. The van der Waals surface area contributed by atoms with Gasteiger partial charge in [0.2, 0.25) is 11.9 Å². The van der Waals surface area contributed by atoms with Crippen LogP contribution in [0.5, 0.6) is 0 Å². The molecule has 1 aromatic heterocycles. The third kappa shape index (κ3) is 4.84. The quantitative estimate of drug-likeness (QED) is 0.787. The number of halogens is 2. The van der Waals surface area contributed by atoms with Crippen molar-refractivity contribution >= 4 is 17.6 Å². The van der Waals surface area contributed by atoms with Crippen LogP contribution in [0.1, 0.15) is 29.6 Å². The predicted octanol–water partition coefficient (Wildman–Crippen LogP) is 2.68. The Kier molecular flexibility index (Phi) is 6.05. The van der Waals surface area contributed by atoms with Gasteiger partial charge in [0.25, 0.3) is 0 Å². The number of likely N-dealkylation sites (tertiary alicyclic amines) is 1. The number of anilines is 1. The summed E-state index contributed by atoms with van der Waals surface area (Å²) in [6.45, 7) is 1.26. The van der Waals surface area contributed by atoms with Gasteiger partial charge < -0.3 is 10.2 Å². The van der Waals surface area contributed by atoms with Crippen LogP contribution in [0.25, 0.3) is 0 Å². The molecule has 2 heterocycles. The standard InChI is InChI=1S/C19H20F2N4O2/c20-14-2-3-16(21)15(12-14)18(27)13-5-10-25(11-6-13)17(26)4-9-24-19-22-7-1-8-23-19/h1-3,7-8,12-13H,4-6,9-11H2,(H,22,23,24). The molecule has 1 saturated heterocycles. The minimum Gasteiger partial charge on any atom is -0.354 e. The lowest BCUT2D eigenvalue weighted by Crippen LogP contribution is -2.41. The maximum Gasteiger partial charge on any atom is 0.224 e. The smallest absolute Gasteiger partial charge is 0.224 e. The minimum atomic E-state index is -0.714. The fourth-order valence-corrected chi connectivity index (χ4v) is 3.13. The van der Waals surface area contributed by atoms with Crippen molar-refractivity contribution < 1.29 is 18.4 Å². The van der Waals surface area contributed by atoms with Crippen LogP contribution in [-0.4, -0.2) is 46.2 Å². The molecule has 2 aromatic rings. The second kappa shape index (κ2) is 8.66. The van der Waals surface area contributed by atoms with E-state index in [9.17, 15) is 18.4 Å². The molecule has 1 N–H and O–H groups in total. The first-order valence-electron chi connectivity index (χ1n) is 8.82. The first-order valence-corrected chi connectivity index (χ1v) is 8.82. The van der Waals surface area contributed by atoms with Crippen molar-refractivity contribution in [1.29, 1.82) is 0 Å². The first-order chi connectivity index (χ1) is 13.0. The number of rotatable bonds is 6. The number of benzene rings is 1. The number of nitrogens with one attached hydrogen (secondary N) is 1. The van der Waals surface area contributed by atoms with Gasteiger partial charge in [-0.25, -0.2) is 18.7 Å². The third-order valence-corrected chi connectivity index (χ3v) is 4.60. The van der Waals surface area contributed by atoms with Gasteiger partial charge >= 0.3 is 0 Å². The van der Waals surface area contributed by atoms with Gasteiger partial charge in [0.1, 0.15) is 11.6 Å². The Balaban J connectivity index is 1.47. The second-order valence-corrected chi connectivity index (χ2v) is 6.39. The summed E-state index contributed by atoms with van der Waals surface area (Å²) in [6, 6.07) is 4.59. The summed E-state index contributed by atoms with van der Waals surface area (Å²) in [5, 5.41) is 2.97. The zero-order valence-electron chi connectivity index (χ0n) is 14.7. The minimum absolute atomic E-state index is 0.0266. The first kappa shape index (κ1) is 18.9. The summed E-state index contributed by atoms with van der Waals surface area (Å²) in [4.78, 5) is 34.5. The Labute approximate surface area is 155 Å². The Morgan fingerprint density at radius 1 is 1.15 bits per heavy atom. The molecule has 3 rings (SSSR count). The number of Topliss-reactive ketones (excluding diaryl/α,β-unsaturated/α-hetero) is 1. The van der Waals surface area contributed by atoms with Gasteiger partial charge in [-0.3, -0.25) is 9.59 Å².